The highest BCUT2D eigenvalue weighted by atomic mass is 16.3. The van der Waals surface area contributed by atoms with Gasteiger partial charge in [0.2, 0.25) is 0 Å². The molecule has 1 fully saturated rings. The van der Waals surface area contributed by atoms with Gasteiger partial charge in [0.15, 0.2) is 5.82 Å². The molecular formula is C20H24N8O. The van der Waals surface area contributed by atoms with Gasteiger partial charge < -0.3 is 15.8 Å². The van der Waals surface area contributed by atoms with Crippen LogP contribution in [0, 0.1) is 5.92 Å². The van der Waals surface area contributed by atoms with E-state index in [4.69, 9.17) is 5.73 Å². The molecule has 2 aliphatic heterocycles. The van der Waals surface area contributed by atoms with Gasteiger partial charge in [-0.15, -0.1) is 0 Å². The van der Waals surface area contributed by atoms with Gasteiger partial charge in [0.25, 0.3) is 0 Å². The molecule has 1 saturated heterocycles. The van der Waals surface area contributed by atoms with Gasteiger partial charge in [0, 0.05) is 37.3 Å². The first-order valence-corrected chi connectivity index (χ1v) is 9.84. The SMILES string of the molecule is Nc1ncnc2c(CN3CC(O)C([C@H]4CN(Cc5ccccc5)N=N4)C3)c[nH]c12. The zero-order chi connectivity index (χ0) is 19.8. The van der Waals surface area contributed by atoms with Gasteiger partial charge in [-0.2, -0.15) is 5.11 Å². The van der Waals surface area contributed by atoms with Crippen LogP contribution in [-0.4, -0.2) is 61.7 Å². The quantitative estimate of drug-likeness (QED) is 0.607. The van der Waals surface area contributed by atoms with E-state index in [0.29, 0.717) is 18.9 Å². The van der Waals surface area contributed by atoms with E-state index in [2.05, 4.69) is 42.3 Å². The Bertz CT molecular complexity index is 1020. The van der Waals surface area contributed by atoms with Gasteiger partial charge in [0.05, 0.1) is 30.8 Å². The summed E-state index contributed by atoms with van der Waals surface area (Å²) in [7, 11) is 0. The molecule has 150 valence electrons. The van der Waals surface area contributed by atoms with Crippen molar-refractivity contribution in [3.05, 3.63) is 54.0 Å². The maximum absolute atomic E-state index is 10.7. The summed E-state index contributed by atoms with van der Waals surface area (Å²) in [5, 5.41) is 21.4. The molecule has 1 aromatic carbocycles. The number of rotatable bonds is 5. The highest BCUT2D eigenvalue weighted by Crippen LogP contribution is 2.29. The fourth-order valence-electron chi connectivity index (χ4n) is 4.32. The third-order valence-corrected chi connectivity index (χ3v) is 5.80. The van der Waals surface area contributed by atoms with E-state index in [1.165, 1.54) is 11.9 Å². The lowest BCUT2D eigenvalue weighted by Crippen LogP contribution is -2.33. The van der Waals surface area contributed by atoms with Crippen molar-refractivity contribution >= 4 is 16.9 Å². The summed E-state index contributed by atoms with van der Waals surface area (Å²) >= 11 is 0. The molecule has 0 bridgehead atoms. The minimum absolute atomic E-state index is 0.0136. The van der Waals surface area contributed by atoms with E-state index in [1.54, 1.807) is 0 Å². The van der Waals surface area contributed by atoms with Crippen molar-refractivity contribution in [1.82, 2.24) is 24.9 Å². The minimum atomic E-state index is -0.416. The van der Waals surface area contributed by atoms with Crippen molar-refractivity contribution in [2.24, 2.45) is 16.3 Å². The minimum Gasteiger partial charge on any atom is -0.391 e. The summed E-state index contributed by atoms with van der Waals surface area (Å²) in [4.78, 5) is 13.8. The van der Waals surface area contributed by atoms with Crippen LogP contribution in [0.25, 0.3) is 11.0 Å². The average molecular weight is 392 g/mol. The summed E-state index contributed by atoms with van der Waals surface area (Å²) in [6.45, 7) is 3.56. The molecule has 0 saturated carbocycles. The Balaban J connectivity index is 1.22. The van der Waals surface area contributed by atoms with Crippen molar-refractivity contribution < 1.29 is 5.11 Å². The van der Waals surface area contributed by atoms with E-state index in [0.717, 1.165) is 36.2 Å². The summed E-state index contributed by atoms with van der Waals surface area (Å²) in [6, 6.07) is 10.3. The molecule has 9 nitrogen and oxygen atoms in total. The number of benzene rings is 1. The van der Waals surface area contributed by atoms with Crippen LogP contribution >= 0.6 is 0 Å². The molecule has 9 heteroatoms. The van der Waals surface area contributed by atoms with E-state index in [9.17, 15) is 5.11 Å². The number of nitrogens with zero attached hydrogens (tertiary/aromatic N) is 6. The van der Waals surface area contributed by atoms with Crippen molar-refractivity contribution in [2.45, 2.75) is 25.2 Å². The molecule has 2 unspecified atom stereocenters. The number of aromatic amines is 1. The topological polar surface area (TPSA) is 119 Å². The van der Waals surface area contributed by atoms with Gasteiger partial charge in [0.1, 0.15) is 11.8 Å². The molecule has 4 heterocycles. The second-order valence-electron chi connectivity index (χ2n) is 7.83. The predicted molar refractivity (Wildman–Crippen MR) is 109 cm³/mol. The number of nitrogens with one attached hydrogen (secondary N) is 1. The van der Waals surface area contributed by atoms with E-state index in [-0.39, 0.29) is 12.0 Å². The summed E-state index contributed by atoms with van der Waals surface area (Å²) in [5.74, 6) is 0.523. The third kappa shape index (κ3) is 3.54. The first kappa shape index (κ1) is 18.0. The maximum atomic E-state index is 10.7. The predicted octanol–water partition coefficient (Wildman–Crippen LogP) is 1.58. The van der Waals surface area contributed by atoms with Gasteiger partial charge in [-0.25, -0.2) is 9.97 Å². The number of nitrogens with two attached hydrogens (primary N) is 1. The third-order valence-electron chi connectivity index (χ3n) is 5.80. The molecule has 4 N–H and O–H groups in total. The molecule has 0 radical (unpaired) electrons. The molecule has 2 aromatic heterocycles. The number of fused-ring (bicyclic) bond motifs is 1. The van der Waals surface area contributed by atoms with Crippen LogP contribution in [-0.2, 0) is 13.1 Å². The number of hydrogen-bond acceptors (Lipinski definition) is 8. The zero-order valence-electron chi connectivity index (χ0n) is 16.0. The number of hydrogen-bond donors (Lipinski definition) is 3. The van der Waals surface area contributed by atoms with Gasteiger partial charge in [-0.05, 0) is 5.56 Å². The summed E-state index contributed by atoms with van der Waals surface area (Å²) in [6.07, 6.45) is 2.99. The van der Waals surface area contributed by atoms with Crippen LogP contribution in [0.5, 0.6) is 0 Å². The van der Waals surface area contributed by atoms with Crippen LogP contribution in [0.15, 0.2) is 53.2 Å². The number of aliphatic hydroxyl groups excluding tert-OH is 1. The number of likely N-dealkylation sites (tertiary alicyclic amines) is 1. The number of anilines is 1. The lowest BCUT2D eigenvalue weighted by Gasteiger charge is -2.20. The van der Waals surface area contributed by atoms with Crippen LogP contribution in [0.2, 0.25) is 0 Å². The number of aromatic nitrogens is 3. The summed E-state index contributed by atoms with van der Waals surface area (Å²) < 4.78 is 0. The molecule has 3 atom stereocenters. The lowest BCUT2D eigenvalue weighted by atomic mass is 9.97. The average Bonchev–Trinajstić information content (AvgIpc) is 3.43. The fourth-order valence-corrected chi connectivity index (χ4v) is 4.32. The Morgan fingerprint density at radius 3 is 2.83 bits per heavy atom. The van der Waals surface area contributed by atoms with Crippen molar-refractivity contribution in [1.29, 1.82) is 0 Å². The Morgan fingerprint density at radius 2 is 1.97 bits per heavy atom. The van der Waals surface area contributed by atoms with Crippen LogP contribution in [0.1, 0.15) is 11.1 Å². The Morgan fingerprint density at radius 1 is 1.10 bits per heavy atom. The van der Waals surface area contributed by atoms with Crippen molar-refractivity contribution in [3.8, 4) is 0 Å². The zero-order valence-corrected chi connectivity index (χ0v) is 16.0. The Labute approximate surface area is 168 Å². The molecule has 3 aromatic rings. The van der Waals surface area contributed by atoms with E-state index < -0.39 is 6.10 Å². The molecule has 29 heavy (non-hydrogen) atoms. The maximum Gasteiger partial charge on any atom is 0.151 e. The smallest absolute Gasteiger partial charge is 0.151 e. The largest absolute Gasteiger partial charge is 0.391 e. The first-order valence-electron chi connectivity index (χ1n) is 9.84. The second kappa shape index (κ2) is 7.41. The molecular weight excluding hydrogens is 368 g/mol. The van der Waals surface area contributed by atoms with Crippen LogP contribution < -0.4 is 5.73 Å². The fraction of sp³-hybridized carbons (Fsp3) is 0.400. The molecule has 2 aliphatic rings. The number of β-amino-alcohol motifs (C(OH)–C–C–N with tert-alkyl or cyclic N) is 1. The Hall–Kier alpha value is -3.04. The second-order valence-corrected chi connectivity index (χ2v) is 7.83. The molecule has 0 amide bonds. The van der Waals surface area contributed by atoms with Crippen LogP contribution in [0.3, 0.4) is 0 Å². The van der Waals surface area contributed by atoms with E-state index >= 15 is 0 Å². The monoisotopic (exact) mass is 392 g/mol. The van der Waals surface area contributed by atoms with Crippen LogP contribution in [0.4, 0.5) is 5.82 Å². The normalized spacial score (nSPS) is 24.7. The molecule has 0 aliphatic carbocycles. The van der Waals surface area contributed by atoms with Gasteiger partial charge >= 0.3 is 0 Å². The highest BCUT2D eigenvalue weighted by molar-refractivity contribution is 5.86. The Kier molecular flexibility index (Phi) is 4.61. The number of nitrogen functional groups attached to an aromatic ring is 1. The summed E-state index contributed by atoms with van der Waals surface area (Å²) in [5.41, 5.74) is 9.78. The van der Waals surface area contributed by atoms with Gasteiger partial charge in [-0.1, -0.05) is 35.6 Å². The van der Waals surface area contributed by atoms with E-state index in [1.807, 2.05) is 29.4 Å². The van der Waals surface area contributed by atoms with Gasteiger partial charge in [-0.3, -0.25) is 9.91 Å². The van der Waals surface area contributed by atoms with Crippen molar-refractivity contribution in [3.63, 3.8) is 0 Å². The van der Waals surface area contributed by atoms with Crippen molar-refractivity contribution in [2.75, 3.05) is 25.4 Å². The molecule has 5 rings (SSSR count). The lowest BCUT2D eigenvalue weighted by molar-refractivity contribution is 0.127. The number of H-pyrrole nitrogens is 1. The number of aliphatic hydroxyl groups is 1. The standard InChI is InChI=1S/C20H24N8O/c21-20-19-18(23-12-24-20)14(6-22-19)8-27-9-15(17(29)11-27)16-10-28(26-25-16)7-13-4-2-1-3-5-13/h1-6,12,15-17,22,29H,7-11H2,(H2,21,23,24)/t15?,16-,17?/m1/s1. The molecule has 0 spiro atoms. The first-order chi connectivity index (χ1) is 14.2. The highest BCUT2D eigenvalue weighted by Gasteiger charge is 2.39.